The Kier molecular flexibility index (Phi) is 2.06. The van der Waals surface area contributed by atoms with E-state index >= 15 is 0 Å². The monoisotopic (exact) mass is 171 g/mol. The van der Waals surface area contributed by atoms with Crippen LogP contribution in [-0.2, 0) is 12.8 Å². The molecule has 0 bridgehead atoms. The van der Waals surface area contributed by atoms with Crippen molar-refractivity contribution in [2.24, 2.45) is 5.92 Å². The van der Waals surface area contributed by atoms with Crippen molar-refractivity contribution in [3.05, 3.63) is 34.9 Å². The number of nitrogens with zero attached hydrogens (tertiary/aromatic N) is 1. The molecular weight excluding hydrogens is 158 g/mol. The van der Waals surface area contributed by atoms with E-state index in [0.717, 1.165) is 17.9 Å². The summed E-state index contributed by atoms with van der Waals surface area (Å²) in [4.78, 5) is 0. The molecule has 13 heavy (non-hydrogen) atoms. The van der Waals surface area contributed by atoms with Crippen LogP contribution in [0.25, 0.3) is 0 Å². The highest BCUT2D eigenvalue weighted by Gasteiger charge is 2.14. The van der Waals surface area contributed by atoms with E-state index in [2.05, 4.69) is 19.1 Å². The van der Waals surface area contributed by atoms with Crippen LogP contribution in [-0.4, -0.2) is 0 Å². The summed E-state index contributed by atoms with van der Waals surface area (Å²) in [5.41, 5.74) is 3.63. The molecule has 1 aromatic carbocycles. The van der Waals surface area contributed by atoms with Gasteiger partial charge in [-0.1, -0.05) is 13.0 Å². The summed E-state index contributed by atoms with van der Waals surface area (Å²) in [6.45, 7) is 2.29. The van der Waals surface area contributed by atoms with Gasteiger partial charge in [0.2, 0.25) is 0 Å². The van der Waals surface area contributed by atoms with E-state index in [4.69, 9.17) is 5.26 Å². The zero-order chi connectivity index (χ0) is 9.26. The molecule has 0 saturated carbocycles. The molecule has 0 N–H and O–H groups in total. The van der Waals surface area contributed by atoms with Gasteiger partial charge >= 0.3 is 0 Å². The number of nitriles is 1. The maximum atomic E-state index is 8.74. The summed E-state index contributed by atoms with van der Waals surface area (Å²) in [6.07, 6.45) is 3.59. The van der Waals surface area contributed by atoms with Crippen LogP contribution >= 0.6 is 0 Å². The van der Waals surface area contributed by atoms with E-state index in [-0.39, 0.29) is 0 Å². The summed E-state index contributed by atoms with van der Waals surface area (Å²) < 4.78 is 0. The molecule has 0 aliphatic heterocycles. The van der Waals surface area contributed by atoms with E-state index < -0.39 is 0 Å². The normalized spacial score (nSPS) is 20.5. The molecule has 66 valence electrons. The van der Waals surface area contributed by atoms with Crippen LogP contribution in [0.1, 0.15) is 30.0 Å². The predicted molar refractivity (Wildman–Crippen MR) is 52.3 cm³/mol. The highest BCUT2D eigenvalue weighted by Crippen LogP contribution is 2.25. The quantitative estimate of drug-likeness (QED) is 0.588. The number of aryl methyl sites for hydroxylation is 1. The average Bonchev–Trinajstić information content (AvgIpc) is 2.17. The Bertz CT molecular complexity index is 360. The van der Waals surface area contributed by atoms with E-state index in [1.54, 1.807) is 0 Å². The van der Waals surface area contributed by atoms with Crippen LogP contribution in [0.4, 0.5) is 0 Å². The van der Waals surface area contributed by atoms with Crippen molar-refractivity contribution >= 4 is 0 Å². The third-order valence-corrected chi connectivity index (χ3v) is 2.81. The first-order chi connectivity index (χ1) is 6.29. The van der Waals surface area contributed by atoms with Crippen LogP contribution in [0.15, 0.2) is 18.2 Å². The molecule has 1 atom stereocenters. The van der Waals surface area contributed by atoms with Gasteiger partial charge in [0, 0.05) is 0 Å². The minimum absolute atomic E-state index is 0.799. The number of hydrogen-bond donors (Lipinski definition) is 0. The first-order valence-electron chi connectivity index (χ1n) is 4.81. The van der Waals surface area contributed by atoms with E-state index in [1.807, 2.05) is 12.1 Å². The van der Waals surface area contributed by atoms with Gasteiger partial charge in [0.05, 0.1) is 11.6 Å². The maximum Gasteiger partial charge on any atom is 0.0991 e. The lowest BCUT2D eigenvalue weighted by molar-refractivity contribution is 0.501. The summed E-state index contributed by atoms with van der Waals surface area (Å²) in [7, 11) is 0. The lowest BCUT2D eigenvalue weighted by atomic mass is 9.84. The Morgan fingerprint density at radius 3 is 3.00 bits per heavy atom. The van der Waals surface area contributed by atoms with Crippen LogP contribution in [0, 0.1) is 17.2 Å². The number of hydrogen-bond acceptors (Lipinski definition) is 1. The molecule has 0 heterocycles. The Hall–Kier alpha value is -1.29. The van der Waals surface area contributed by atoms with Gasteiger partial charge < -0.3 is 0 Å². The van der Waals surface area contributed by atoms with Crippen molar-refractivity contribution in [3.63, 3.8) is 0 Å². The fraction of sp³-hybridized carbons (Fsp3) is 0.417. The largest absolute Gasteiger partial charge is 0.192 e. The van der Waals surface area contributed by atoms with Gasteiger partial charge in [-0.25, -0.2) is 0 Å². The van der Waals surface area contributed by atoms with Gasteiger partial charge in [0.25, 0.3) is 0 Å². The topological polar surface area (TPSA) is 23.8 Å². The number of fused-ring (bicyclic) bond motifs is 1. The number of benzene rings is 1. The molecule has 2 rings (SSSR count). The van der Waals surface area contributed by atoms with Gasteiger partial charge in [0.15, 0.2) is 0 Å². The van der Waals surface area contributed by atoms with Crippen molar-refractivity contribution in [1.82, 2.24) is 0 Å². The standard InChI is InChI=1S/C12H13N/c1-9-2-4-12-7-10(8-13)3-5-11(12)6-9/h3,5,7,9H,2,4,6H2,1H3. The molecule has 0 aromatic heterocycles. The first kappa shape index (κ1) is 8.31. The average molecular weight is 171 g/mol. The summed E-state index contributed by atoms with van der Waals surface area (Å²) in [6, 6.07) is 8.27. The van der Waals surface area contributed by atoms with Crippen molar-refractivity contribution in [3.8, 4) is 6.07 Å². The first-order valence-corrected chi connectivity index (χ1v) is 4.81. The molecule has 0 spiro atoms. The van der Waals surface area contributed by atoms with Crippen LogP contribution in [0.2, 0.25) is 0 Å². The minimum atomic E-state index is 0.799. The molecule has 1 nitrogen and oxygen atoms in total. The van der Waals surface area contributed by atoms with E-state index in [9.17, 15) is 0 Å². The zero-order valence-corrected chi connectivity index (χ0v) is 7.88. The lowest BCUT2D eigenvalue weighted by Gasteiger charge is -2.21. The van der Waals surface area contributed by atoms with Gasteiger partial charge in [0.1, 0.15) is 0 Å². The van der Waals surface area contributed by atoms with Crippen molar-refractivity contribution in [2.45, 2.75) is 26.2 Å². The Morgan fingerprint density at radius 1 is 1.38 bits per heavy atom. The molecule has 0 saturated heterocycles. The fourth-order valence-corrected chi connectivity index (χ4v) is 2.01. The SMILES string of the molecule is CC1CCc2cc(C#N)ccc2C1. The molecule has 0 radical (unpaired) electrons. The zero-order valence-electron chi connectivity index (χ0n) is 7.88. The predicted octanol–water partition coefficient (Wildman–Crippen LogP) is 2.68. The molecule has 0 fully saturated rings. The van der Waals surface area contributed by atoms with E-state index in [0.29, 0.717) is 0 Å². The smallest absolute Gasteiger partial charge is 0.0991 e. The highest BCUT2D eigenvalue weighted by atomic mass is 14.2. The minimum Gasteiger partial charge on any atom is -0.192 e. The van der Waals surface area contributed by atoms with Gasteiger partial charge in [-0.3, -0.25) is 0 Å². The van der Waals surface area contributed by atoms with Crippen LogP contribution < -0.4 is 0 Å². The Morgan fingerprint density at radius 2 is 2.23 bits per heavy atom. The summed E-state index contributed by atoms with van der Waals surface area (Å²) in [5, 5.41) is 8.74. The third-order valence-electron chi connectivity index (χ3n) is 2.81. The third kappa shape index (κ3) is 1.58. The van der Waals surface area contributed by atoms with E-state index in [1.165, 1.54) is 24.0 Å². The van der Waals surface area contributed by atoms with Crippen LogP contribution in [0.3, 0.4) is 0 Å². The van der Waals surface area contributed by atoms with Crippen LogP contribution in [0.5, 0.6) is 0 Å². The summed E-state index contributed by atoms with van der Waals surface area (Å²) in [5.74, 6) is 0.806. The molecule has 1 aliphatic carbocycles. The molecule has 1 aliphatic rings. The van der Waals surface area contributed by atoms with Crippen molar-refractivity contribution < 1.29 is 0 Å². The summed E-state index contributed by atoms with van der Waals surface area (Å²) >= 11 is 0. The fourth-order valence-electron chi connectivity index (χ4n) is 2.01. The van der Waals surface area contributed by atoms with Crippen molar-refractivity contribution in [1.29, 1.82) is 5.26 Å². The molecule has 1 aromatic rings. The maximum absolute atomic E-state index is 8.74. The number of rotatable bonds is 0. The van der Waals surface area contributed by atoms with Gasteiger partial charge in [-0.15, -0.1) is 0 Å². The Balaban J connectivity index is 2.38. The molecular formula is C12H13N. The highest BCUT2D eigenvalue weighted by molar-refractivity contribution is 5.39. The van der Waals surface area contributed by atoms with Gasteiger partial charge in [-0.05, 0) is 48.4 Å². The second-order valence-electron chi connectivity index (χ2n) is 3.94. The second-order valence-corrected chi connectivity index (χ2v) is 3.94. The molecule has 1 unspecified atom stereocenters. The van der Waals surface area contributed by atoms with Gasteiger partial charge in [-0.2, -0.15) is 5.26 Å². The second kappa shape index (κ2) is 3.22. The molecule has 0 amide bonds. The lowest BCUT2D eigenvalue weighted by Crippen LogP contribution is -2.11. The molecule has 1 heteroatoms. The van der Waals surface area contributed by atoms with Crippen molar-refractivity contribution in [2.75, 3.05) is 0 Å². The Labute approximate surface area is 79.0 Å².